The molecular formula is C14H21ClN2O. The quantitative estimate of drug-likeness (QED) is 0.878. The number of aliphatic hydroxyl groups is 1. The number of β-amino-alcohol motifs (C(OH)–C–C–N with tert-alkyl or cyclic N) is 1. The van der Waals surface area contributed by atoms with Crippen molar-refractivity contribution < 1.29 is 5.11 Å². The van der Waals surface area contributed by atoms with E-state index in [-0.39, 0.29) is 6.04 Å². The van der Waals surface area contributed by atoms with Gasteiger partial charge in [0.05, 0.1) is 5.60 Å². The Morgan fingerprint density at radius 1 is 1.44 bits per heavy atom. The van der Waals surface area contributed by atoms with Crippen molar-refractivity contribution in [2.24, 2.45) is 0 Å². The summed E-state index contributed by atoms with van der Waals surface area (Å²) in [6.07, 6.45) is 0.837. The number of nitrogens with zero attached hydrogens (tertiary/aromatic N) is 1. The van der Waals surface area contributed by atoms with Gasteiger partial charge in [-0.1, -0.05) is 23.7 Å². The van der Waals surface area contributed by atoms with E-state index in [4.69, 9.17) is 11.6 Å². The Bertz CT molecular complexity index is 395. The fourth-order valence-electron chi connectivity index (χ4n) is 2.42. The van der Waals surface area contributed by atoms with Gasteiger partial charge < -0.3 is 15.3 Å². The summed E-state index contributed by atoms with van der Waals surface area (Å²) >= 11 is 5.87. The third-order valence-corrected chi connectivity index (χ3v) is 3.88. The van der Waals surface area contributed by atoms with Crippen LogP contribution in [0.1, 0.15) is 24.9 Å². The molecule has 1 heterocycles. The molecule has 0 aliphatic carbocycles. The van der Waals surface area contributed by atoms with Crippen LogP contribution in [0.15, 0.2) is 24.3 Å². The van der Waals surface area contributed by atoms with Crippen LogP contribution in [0.2, 0.25) is 5.02 Å². The van der Waals surface area contributed by atoms with E-state index in [2.05, 4.69) is 17.1 Å². The first-order valence-electron chi connectivity index (χ1n) is 6.38. The highest BCUT2D eigenvalue weighted by molar-refractivity contribution is 6.30. The molecule has 1 aromatic carbocycles. The van der Waals surface area contributed by atoms with Gasteiger partial charge in [-0.2, -0.15) is 0 Å². The first-order valence-corrected chi connectivity index (χ1v) is 6.76. The van der Waals surface area contributed by atoms with Crippen molar-refractivity contribution in [2.75, 3.05) is 26.7 Å². The zero-order chi connectivity index (χ0) is 13.2. The van der Waals surface area contributed by atoms with Crippen LogP contribution in [0.4, 0.5) is 0 Å². The molecule has 0 unspecified atom stereocenters. The SMILES string of the molecule is C[C@@H](NC[C@@]1(O)CCN(C)C1)c1ccc(Cl)cc1. The summed E-state index contributed by atoms with van der Waals surface area (Å²) in [5, 5.41) is 14.5. The Hall–Kier alpha value is -0.610. The summed E-state index contributed by atoms with van der Waals surface area (Å²) < 4.78 is 0. The minimum atomic E-state index is -0.588. The van der Waals surface area contributed by atoms with Crippen LogP contribution in [-0.4, -0.2) is 42.3 Å². The summed E-state index contributed by atoms with van der Waals surface area (Å²) in [7, 11) is 2.04. The van der Waals surface area contributed by atoms with Crippen molar-refractivity contribution >= 4 is 11.6 Å². The average Bonchev–Trinajstić information content (AvgIpc) is 2.68. The number of hydrogen-bond acceptors (Lipinski definition) is 3. The number of halogens is 1. The topological polar surface area (TPSA) is 35.5 Å². The van der Waals surface area contributed by atoms with Gasteiger partial charge in [-0.3, -0.25) is 0 Å². The Morgan fingerprint density at radius 2 is 2.11 bits per heavy atom. The van der Waals surface area contributed by atoms with Gasteiger partial charge in [-0.25, -0.2) is 0 Å². The standard InChI is InChI=1S/C14H21ClN2O/c1-11(12-3-5-13(15)6-4-12)16-9-14(18)7-8-17(2)10-14/h3-6,11,16,18H,7-10H2,1-2H3/t11-,14+/m1/s1. The maximum absolute atomic E-state index is 10.4. The molecule has 0 saturated carbocycles. The third-order valence-electron chi connectivity index (χ3n) is 3.63. The highest BCUT2D eigenvalue weighted by Gasteiger charge is 2.34. The molecular weight excluding hydrogens is 248 g/mol. The molecule has 0 bridgehead atoms. The Balaban J connectivity index is 1.88. The highest BCUT2D eigenvalue weighted by Crippen LogP contribution is 2.21. The monoisotopic (exact) mass is 268 g/mol. The predicted octanol–water partition coefficient (Wildman–Crippen LogP) is 2.06. The summed E-state index contributed by atoms with van der Waals surface area (Å²) in [6.45, 7) is 4.44. The second kappa shape index (κ2) is 5.57. The van der Waals surface area contributed by atoms with Crippen molar-refractivity contribution in [3.63, 3.8) is 0 Å². The van der Waals surface area contributed by atoms with Gasteiger partial charge in [-0.05, 0) is 38.1 Å². The number of hydrogen-bond donors (Lipinski definition) is 2. The molecule has 100 valence electrons. The molecule has 2 rings (SSSR count). The first kappa shape index (κ1) is 13.8. The lowest BCUT2D eigenvalue weighted by molar-refractivity contribution is 0.0494. The molecule has 0 aromatic heterocycles. The van der Waals surface area contributed by atoms with E-state index in [1.54, 1.807) is 0 Å². The normalized spacial score (nSPS) is 26.4. The minimum absolute atomic E-state index is 0.220. The van der Waals surface area contributed by atoms with Crippen LogP contribution < -0.4 is 5.32 Å². The van der Waals surface area contributed by atoms with E-state index in [0.29, 0.717) is 6.54 Å². The number of nitrogens with one attached hydrogen (secondary N) is 1. The number of likely N-dealkylation sites (N-methyl/N-ethyl adjacent to an activating group) is 1. The molecule has 18 heavy (non-hydrogen) atoms. The molecule has 0 amide bonds. The van der Waals surface area contributed by atoms with Gasteiger partial charge in [0.25, 0.3) is 0 Å². The van der Waals surface area contributed by atoms with E-state index >= 15 is 0 Å². The Labute approximate surface area is 114 Å². The molecule has 0 radical (unpaired) electrons. The highest BCUT2D eigenvalue weighted by atomic mass is 35.5. The van der Waals surface area contributed by atoms with E-state index in [1.165, 1.54) is 5.56 Å². The van der Waals surface area contributed by atoms with Crippen LogP contribution in [0, 0.1) is 0 Å². The van der Waals surface area contributed by atoms with Crippen LogP contribution in [0.25, 0.3) is 0 Å². The lowest BCUT2D eigenvalue weighted by atomic mass is 10.0. The second-order valence-electron chi connectivity index (χ2n) is 5.37. The smallest absolute Gasteiger partial charge is 0.0909 e. The summed E-state index contributed by atoms with van der Waals surface area (Å²) in [4.78, 5) is 2.16. The van der Waals surface area contributed by atoms with Crippen LogP contribution >= 0.6 is 11.6 Å². The first-order chi connectivity index (χ1) is 8.48. The van der Waals surface area contributed by atoms with E-state index < -0.39 is 5.60 Å². The Morgan fingerprint density at radius 3 is 2.67 bits per heavy atom. The van der Waals surface area contributed by atoms with Gasteiger partial charge in [-0.15, -0.1) is 0 Å². The minimum Gasteiger partial charge on any atom is -0.387 e. The van der Waals surface area contributed by atoms with Gasteiger partial charge in [0.1, 0.15) is 0 Å². The number of rotatable bonds is 4. The fraction of sp³-hybridized carbons (Fsp3) is 0.571. The van der Waals surface area contributed by atoms with Crippen LogP contribution in [0.5, 0.6) is 0 Å². The molecule has 2 N–H and O–H groups in total. The molecule has 2 atom stereocenters. The number of likely N-dealkylation sites (tertiary alicyclic amines) is 1. The molecule has 1 saturated heterocycles. The van der Waals surface area contributed by atoms with E-state index in [1.807, 2.05) is 31.3 Å². The summed E-state index contributed by atoms with van der Waals surface area (Å²) in [6, 6.07) is 8.05. The maximum atomic E-state index is 10.4. The van der Waals surface area contributed by atoms with Gasteiger partial charge in [0, 0.05) is 30.7 Å². The zero-order valence-electron chi connectivity index (χ0n) is 11.0. The van der Waals surface area contributed by atoms with E-state index in [0.717, 1.165) is 24.5 Å². The third kappa shape index (κ3) is 3.45. The van der Waals surface area contributed by atoms with Crippen molar-refractivity contribution in [2.45, 2.75) is 25.0 Å². The molecule has 1 aromatic rings. The maximum Gasteiger partial charge on any atom is 0.0909 e. The second-order valence-corrected chi connectivity index (χ2v) is 5.80. The predicted molar refractivity (Wildman–Crippen MR) is 74.9 cm³/mol. The fourth-order valence-corrected chi connectivity index (χ4v) is 2.54. The molecule has 1 fully saturated rings. The van der Waals surface area contributed by atoms with E-state index in [9.17, 15) is 5.11 Å². The van der Waals surface area contributed by atoms with Crippen LogP contribution in [0.3, 0.4) is 0 Å². The van der Waals surface area contributed by atoms with Crippen molar-refractivity contribution in [1.29, 1.82) is 0 Å². The van der Waals surface area contributed by atoms with Crippen molar-refractivity contribution in [3.05, 3.63) is 34.9 Å². The molecule has 4 heteroatoms. The molecule has 0 spiro atoms. The lowest BCUT2D eigenvalue weighted by Gasteiger charge is -2.25. The zero-order valence-corrected chi connectivity index (χ0v) is 11.7. The Kier molecular flexibility index (Phi) is 4.28. The lowest BCUT2D eigenvalue weighted by Crippen LogP contribution is -2.43. The van der Waals surface area contributed by atoms with Gasteiger partial charge >= 0.3 is 0 Å². The van der Waals surface area contributed by atoms with Gasteiger partial charge in [0.15, 0.2) is 0 Å². The number of benzene rings is 1. The largest absolute Gasteiger partial charge is 0.387 e. The van der Waals surface area contributed by atoms with Crippen LogP contribution in [-0.2, 0) is 0 Å². The van der Waals surface area contributed by atoms with Gasteiger partial charge in [0.2, 0.25) is 0 Å². The average molecular weight is 269 g/mol. The van der Waals surface area contributed by atoms with Crippen molar-refractivity contribution in [1.82, 2.24) is 10.2 Å². The van der Waals surface area contributed by atoms with Crippen molar-refractivity contribution in [3.8, 4) is 0 Å². The molecule has 3 nitrogen and oxygen atoms in total. The summed E-state index contributed by atoms with van der Waals surface area (Å²) in [5.74, 6) is 0. The summed E-state index contributed by atoms with van der Waals surface area (Å²) in [5.41, 5.74) is 0.601. The molecule has 1 aliphatic rings. The molecule has 1 aliphatic heterocycles.